The lowest BCUT2D eigenvalue weighted by atomic mass is 9.77. The van der Waals surface area contributed by atoms with Gasteiger partial charge in [0.1, 0.15) is 0 Å². The van der Waals surface area contributed by atoms with E-state index in [-0.39, 0.29) is 5.41 Å². The minimum absolute atomic E-state index is 0.174. The molecule has 1 aliphatic rings. The van der Waals surface area contributed by atoms with Crippen molar-refractivity contribution in [2.75, 3.05) is 19.8 Å². The minimum atomic E-state index is 0.174. The van der Waals surface area contributed by atoms with E-state index in [1.807, 2.05) is 0 Å². The summed E-state index contributed by atoms with van der Waals surface area (Å²) in [5.41, 5.74) is 8.80. The lowest BCUT2D eigenvalue weighted by molar-refractivity contribution is -0.00263. The third-order valence-electron chi connectivity index (χ3n) is 3.54. The number of rotatable bonds is 3. The van der Waals surface area contributed by atoms with Gasteiger partial charge in [-0.2, -0.15) is 0 Å². The molecule has 1 aromatic rings. The molecule has 1 saturated heterocycles. The maximum absolute atomic E-state index is 5.94. The summed E-state index contributed by atoms with van der Waals surface area (Å²) in [6.45, 7) is 4.56. The van der Waals surface area contributed by atoms with Gasteiger partial charge >= 0.3 is 0 Å². The summed E-state index contributed by atoms with van der Waals surface area (Å²) in [5.74, 6) is 0. The topological polar surface area (TPSA) is 35.2 Å². The van der Waals surface area contributed by atoms with Gasteiger partial charge in [-0.1, -0.05) is 29.8 Å². The Balaban J connectivity index is 2.08. The zero-order valence-electron chi connectivity index (χ0n) is 10.0. The molecular formula is C14H21NO. The summed E-state index contributed by atoms with van der Waals surface area (Å²) in [7, 11) is 0. The van der Waals surface area contributed by atoms with Gasteiger partial charge in [0.05, 0.1) is 6.61 Å². The highest BCUT2D eigenvalue weighted by Crippen LogP contribution is 2.31. The molecule has 0 aromatic heterocycles. The van der Waals surface area contributed by atoms with Crippen LogP contribution in [0.4, 0.5) is 0 Å². The maximum atomic E-state index is 5.94. The monoisotopic (exact) mass is 219 g/mol. The fourth-order valence-electron chi connectivity index (χ4n) is 2.42. The summed E-state index contributed by atoms with van der Waals surface area (Å²) in [5, 5.41) is 0. The molecule has 1 unspecified atom stereocenters. The Morgan fingerprint density at radius 1 is 1.31 bits per heavy atom. The number of aryl methyl sites for hydroxylation is 1. The molecule has 88 valence electrons. The van der Waals surface area contributed by atoms with Crippen LogP contribution in [0.3, 0.4) is 0 Å². The van der Waals surface area contributed by atoms with E-state index in [9.17, 15) is 0 Å². The van der Waals surface area contributed by atoms with Gasteiger partial charge in [0.2, 0.25) is 0 Å². The number of hydrogen-bond acceptors (Lipinski definition) is 2. The molecule has 0 aliphatic carbocycles. The second kappa shape index (κ2) is 4.98. The van der Waals surface area contributed by atoms with Gasteiger partial charge in [-0.25, -0.2) is 0 Å². The number of nitrogens with two attached hydrogens (primary N) is 1. The number of hydrogen-bond donors (Lipinski definition) is 1. The third kappa shape index (κ3) is 2.63. The van der Waals surface area contributed by atoms with Crippen LogP contribution in [0.1, 0.15) is 24.0 Å². The first-order valence-electron chi connectivity index (χ1n) is 6.07. The minimum Gasteiger partial charge on any atom is -0.381 e. The van der Waals surface area contributed by atoms with Gasteiger partial charge in [0.15, 0.2) is 0 Å². The van der Waals surface area contributed by atoms with Crippen LogP contribution in [0.2, 0.25) is 0 Å². The second-order valence-electron chi connectivity index (χ2n) is 5.02. The molecule has 1 fully saturated rings. The Kier molecular flexibility index (Phi) is 3.62. The van der Waals surface area contributed by atoms with Crippen molar-refractivity contribution in [3.63, 3.8) is 0 Å². The summed E-state index contributed by atoms with van der Waals surface area (Å²) >= 11 is 0. The smallest absolute Gasteiger partial charge is 0.0537 e. The van der Waals surface area contributed by atoms with E-state index < -0.39 is 0 Å². The van der Waals surface area contributed by atoms with Crippen LogP contribution in [-0.2, 0) is 11.2 Å². The predicted molar refractivity (Wildman–Crippen MR) is 66.4 cm³/mol. The molecule has 2 nitrogen and oxygen atoms in total. The van der Waals surface area contributed by atoms with Gasteiger partial charge in [0.25, 0.3) is 0 Å². The van der Waals surface area contributed by atoms with E-state index in [1.54, 1.807) is 0 Å². The van der Waals surface area contributed by atoms with E-state index >= 15 is 0 Å². The van der Waals surface area contributed by atoms with Gasteiger partial charge in [0, 0.05) is 18.6 Å². The van der Waals surface area contributed by atoms with Crippen LogP contribution in [0.25, 0.3) is 0 Å². The second-order valence-corrected chi connectivity index (χ2v) is 5.02. The highest BCUT2D eigenvalue weighted by atomic mass is 16.5. The molecule has 2 rings (SSSR count). The molecule has 0 radical (unpaired) electrons. The fourth-order valence-corrected chi connectivity index (χ4v) is 2.42. The van der Waals surface area contributed by atoms with Crippen molar-refractivity contribution < 1.29 is 4.74 Å². The van der Waals surface area contributed by atoms with Crippen molar-refractivity contribution in [2.24, 2.45) is 11.1 Å². The zero-order chi connectivity index (χ0) is 11.4. The standard InChI is InChI=1S/C14H21NO/c1-12-3-5-13(6-4-12)9-14(10-15)7-2-8-16-11-14/h3-6H,2,7-11,15H2,1H3. The van der Waals surface area contributed by atoms with Crippen molar-refractivity contribution in [3.8, 4) is 0 Å². The largest absolute Gasteiger partial charge is 0.381 e. The van der Waals surface area contributed by atoms with Crippen molar-refractivity contribution >= 4 is 0 Å². The SMILES string of the molecule is Cc1ccc(CC2(CN)CCCOC2)cc1. The molecule has 16 heavy (non-hydrogen) atoms. The van der Waals surface area contributed by atoms with Gasteiger partial charge < -0.3 is 10.5 Å². The maximum Gasteiger partial charge on any atom is 0.0537 e. The van der Waals surface area contributed by atoms with Crippen LogP contribution < -0.4 is 5.73 Å². The van der Waals surface area contributed by atoms with Crippen LogP contribution in [0.15, 0.2) is 24.3 Å². The summed E-state index contributed by atoms with van der Waals surface area (Å²) in [6, 6.07) is 8.76. The number of benzene rings is 1. The van der Waals surface area contributed by atoms with Crippen LogP contribution >= 0.6 is 0 Å². The molecule has 1 heterocycles. The van der Waals surface area contributed by atoms with Crippen LogP contribution in [0.5, 0.6) is 0 Å². The normalized spacial score (nSPS) is 25.6. The Bertz CT molecular complexity index is 325. The van der Waals surface area contributed by atoms with E-state index in [0.717, 1.165) is 32.6 Å². The molecule has 1 aromatic carbocycles. The number of ether oxygens (including phenoxy) is 1. The highest BCUT2D eigenvalue weighted by molar-refractivity contribution is 5.22. The van der Waals surface area contributed by atoms with E-state index in [2.05, 4.69) is 31.2 Å². The van der Waals surface area contributed by atoms with Crippen molar-refractivity contribution in [1.29, 1.82) is 0 Å². The molecule has 0 bridgehead atoms. The molecule has 0 saturated carbocycles. The first-order chi connectivity index (χ1) is 7.74. The Morgan fingerprint density at radius 3 is 2.62 bits per heavy atom. The van der Waals surface area contributed by atoms with Crippen LogP contribution in [0, 0.1) is 12.3 Å². The predicted octanol–water partition coefficient (Wildman–Crippen LogP) is 2.29. The average Bonchev–Trinajstić information content (AvgIpc) is 2.33. The van der Waals surface area contributed by atoms with Gasteiger partial charge in [-0.3, -0.25) is 0 Å². The highest BCUT2D eigenvalue weighted by Gasteiger charge is 2.31. The first-order valence-corrected chi connectivity index (χ1v) is 6.07. The molecule has 1 aliphatic heterocycles. The lowest BCUT2D eigenvalue weighted by Gasteiger charge is -2.36. The summed E-state index contributed by atoms with van der Waals surface area (Å²) in [4.78, 5) is 0. The Hall–Kier alpha value is -0.860. The Labute approximate surface area is 97.8 Å². The van der Waals surface area contributed by atoms with Gasteiger partial charge in [-0.05, 0) is 31.7 Å². The molecular weight excluding hydrogens is 198 g/mol. The fraction of sp³-hybridized carbons (Fsp3) is 0.571. The quantitative estimate of drug-likeness (QED) is 0.846. The van der Waals surface area contributed by atoms with E-state index in [0.29, 0.717) is 0 Å². The lowest BCUT2D eigenvalue weighted by Crippen LogP contribution is -2.40. The first kappa shape index (κ1) is 11.6. The van der Waals surface area contributed by atoms with Gasteiger partial charge in [-0.15, -0.1) is 0 Å². The summed E-state index contributed by atoms with van der Waals surface area (Å²) in [6.07, 6.45) is 3.38. The molecule has 1 atom stereocenters. The molecule has 2 heteroatoms. The molecule has 0 spiro atoms. The third-order valence-corrected chi connectivity index (χ3v) is 3.54. The summed E-state index contributed by atoms with van der Waals surface area (Å²) < 4.78 is 5.59. The molecule has 2 N–H and O–H groups in total. The van der Waals surface area contributed by atoms with E-state index in [4.69, 9.17) is 10.5 Å². The van der Waals surface area contributed by atoms with Crippen molar-refractivity contribution in [1.82, 2.24) is 0 Å². The van der Waals surface area contributed by atoms with Crippen molar-refractivity contribution in [2.45, 2.75) is 26.2 Å². The van der Waals surface area contributed by atoms with Crippen molar-refractivity contribution in [3.05, 3.63) is 35.4 Å². The average molecular weight is 219 g/mol. The van der Waals surface area contributed by atoms with Crippen LogP contribution in [-0.4, -0.2) is 19.8 Å². The molecule has 0 amide bonds. The Morgan fingerprint density at radius 2 is 2.06 bits per heavy atom. The van der Waals surface area contributed by atoms with E-state index in [1.165, 1.54) is 17.5 Å². The zero-order valence-corrected chi connectivity index (χ0v) is 10.0.